The van der Waals surface area contributed by atoms with Crippen LogP contribution >= 0.6 is 11.6 Å². The van der Waals surface area contributed by atoms with Crippen molar-refractivity contribution in [2.45, 2.75) is 57.9 Å². The molecular formula is C18H23ClO. The summed E-state index contributed by atoms with van der Waals surface area (Å²) in [6.45, 7) is 6.75. The molecule has 0 radical (unpaired) electrons. The summed E-state index contributed by atoms with van der Waals surface area (Å²) >= 11 is 6.37. The summed E-state index contributed by atoms with van der Waals surface area (Å²) in [5.41, 5.74) is 4.45. The first-order valence-electron chi connectivity index (χ1n) is 7.51. The predicted octanol–water partition coefficient (Wildman–Crippen LogP) is 5.04. The Morgan fingerprint density at radius 1 is 1.35 bits per heavy atom. The Labute approximate surface area is 127 Å². The van der Waals surface area contributed by atoms with E-state index in [-0.39, 0.29) is 11.5 Å². The molecule has 3 rings (SSSR count). The van der Waals surface area contributed by atoms with Gasteiger partial charge in [-0.2, -0.15) is 0 Å². The van der Waals surface area contributed by atoms with E-state index in [1.54, 1.807) is 0 Å². The van der Waals surface area contributed by atoms with Gasteiger partial charge in [-0.25, -0.2) is 0 Å². The fraction of sp³-hybridized carbons (Fsp3) is 0.556. The number of benzene rings is 1. The van der Waals surface area contributed by atoms with E-state index in [2.05, 4.69) is 45.0 Å². The molecule has 0 bridgehead atoms. The SMILES string of the molecule is Cc1ccc2c(c1)CC(CC1=CC(Cl)CC(C)(C)C1)O2. The number of alkyl halides is 1. The summed E-state index contributed by atoms with van der Waals surface area (Å²) in [6, 6.07) is 6.48. The van der Waals surface area contributed by atoms with Crippen molar-refractivity contribution in [2.24, 2.45) is 5.41 Å². The summed E-state index contributed by atoms with van der Waals surface area (Å²) in [5, 5.41) is 0.180. The normalized spacial score (nSPS) is 27.7. The average Bonchev–Trinajstić information content (AvgIpc) is 2.67. The fourth-order valence-electron chi connectivity index (χ4n) is 3.58. The van der Waals surface area contributed by atoms with Crippen molar-refractivity contribution in [1.82, 2.24) is 0 Å². The molecule has 20 heavy (non-hydrogen) atoms. The number of rotatable bonds is 2. The van der Waals surface area contributed by atoms with Crippen molar-refractivity contribution >= 4 is 11.6 Å². The van der Waals surface area contributed by atoms with Crippen LogP contribution in [0.25, 0.3) is 0 Å². The van der Waals surface area contributed by atoms with E-state index in [0.717, 1.165) is 31.4 Å². The second-order valence-corrected chi connectivity index (χ2v) is 7.71. The standard InChI is InChI=1S/C18H23ClO/c1-12-4-5-17-14(6-12)9-16(20-17)8-13-7-15(19)11-18(2,3)10-13/h4-7,15-16H,8-11H2,1-3H3. The number of aryl methyl sites for hydroxylation is 1. The van der Waals surface area contributed by atoms with Gasteiger partial charge < -0.3 is 4.74 Å². The highest BCUT2D eigenvalue weighted by Crippen LogP contribution is 2.40. The van der Waals surface area contributed by atoms with E-state index in [9.17, 15) is 0 Å². The zero-order valence-corrected chi connectivity index (χ0v) is 13.3. The molecule has 1 aromatic rings. The number of hydrogen-bond donors (Lipinski definition) is 0. The first-order chi connectivity index (χ1) is 9.41. The monoisotopic (exact) mass is 290 g/mol. The molecule has 1 aromatic carbocycles. The van der Waals surface area contributed by atoms with Crippen molar-refractivity contribution in [1.29, 1.82) is 0 Å². The lowest BCUT2D eigenvalue weighted by atomic mass is 9.76. The van der Waals surface area contributed by atoms with Gasteiger partial charge in [0, 0.05) is 12.8 Å². The van der Waals surface area contributed by atoms with Gasteiger partial charge in [-0.05, 0) is 36.8 Å². The Hall–Kier alpha value is -0.950. The lowest BCUT2D eigenvalue weighted by Crippen LogP contribution is -2.24. The van der Waals surface area contributed by atoms with Crippen molar-refractivity contribution in [2.75, 3.05) is 0 Å². The molecule has 1 aliphatic heterocycles. The van der Waals surface area contributed by atoms with Gasteiger partial charge in [0.05, 0.1) is 5.38 Å². The van der Waals surface area contributed by atoms with Crippen LogP contribution in [0.5, 0.6) is 5.75 Å². The number of ether oxygens (including phenoxy) is 1. The predicted molar refractivity (Wildman–Crippen MR) is 84.7 cm³/mol. The Kier molecular flexibility index (Phi) is 3.58. The molecule has 0 N–H and O–H groups in total. The molecule has 2 atom stereocenters. The van der Waals surface area contributed by atoms with Gasteiger partial charge in [-0.15, -0.1) is 11.6 Å². The third-order valence-corrected chi connectivity index (χ3v) is 4.60. The quantitative estimate of drug-likeness (QED) is 0.547. The van der Waals surface area contributed by atoms with E-state index in [4.69, 9.17) is 16.3 Å². The molecule has 2 heteroatoms. The third-order valence-electron chi connectivity index (χ3n) is 4.32. The van der Waals surface area contributed by atoms with Crippen molar-refractivity contribution in [3.8, 4) is 5.75 Å². The van der Waals surface area contributed by atoms with Crippen molar-refractivity contribution in [3.63, 3.8) is 0 Å². The smallest absolute Gasteiger partial charge is 0.123 e. The summed E-state index contributed by atoms with van der Waals surface area (Å²) in [4.78, 5) is 0. The maximum Gasteiger partial charge on any atom is 0.123 e. The van der Waals surface area contributed by atoms with Gasteiger partial charge in [0.15, 0.2) is 0 Å². The molecule has 0 aromatic heterocycles. The molecule has 0 amide bonds. The minimum atomic E-state index is 0.180. The van der Waals surface area contributed by atoms with Crippen LogP contribution in [-0.2, 0) is 6.42 Å². The van der Waals surface area contributed by atoms with E-state index in [1.165, 1.54) is 16.7 Å². The Bertz CT molecular complexity index is 544. The molecule has 0 saturated heterocycles. The molecule has 2 unspecified atom stereocenters. The van der Waals surface area contributed by atoms with Crippen molar-refractivity contribution < 1.29 is 4.74 Å². The average molecular weight is 291 g/mol. The largest absolute Gasteiger partial charge is 0.489 e. The van der Waals surface area contributed by atoms with Crippen LogP contribution in [0.1, 0.15) is 44.2 Å². The van der Waals surface area contributed by atoms with Crippen LogP contribution in [-0.4, -0.2) is 11.5 Å². The maximum absolute atomic E-state index is 6.37. The molecule has 0 fully saturated rings. The van der Waals surface area contributed by atoms with Crippen LogP contribution < -0.4 is 4.74 Å². The molecule has 0 spiro atoms. The zero-order valence-electron chi connectivity index (χ0n) is 12.6. The van der Waals surface area contributed by atoms with Crippen LogP contribution in [0.3, 0.4) is 0 Å². The third kappa shape index (κ3) is 3.03. The van der Waals surface area contributed by atoms with Gasteiger partial charge >= 0.3 is 0 Å². The van der Waals surface area contributed by atoms with Gasteiger partial charge in [-0.1, -0.05) is 43.2 Å². The van der Waals surface area contributed by atoms with E-state index in [0.29, 0.717) is 5.41 Å². The fourth-order valence-corrected chi connectivity index (χ4v) is 4.18. The van der Waals surface area contributed by atoms with Gasteiger partial charge in [0.2, 0.25) is 0 Å². The van der Waals surface area contributed by atoms with Crippen LogP contribution in [0.4, 0.5) is 0 Å². The topological polar surface area (TPSA) is 9.23 Å². The van der Waals surface area contributed by atoms with Crippen LogP contribution in [0, 0.1) is 12.3 Å². The highest BCUT2D eigenvalue weighted by Gasteiger charge is 2.30. The van der Waals surface area contributed by atoms with Crippen LogP contribution in [0.15, 0.2) is 29.8 Å². The Morgan fingerprint density at radius 2 is 2.15 bits per heavy atom. The van der Waals surface area contributed by atoms with Gasteiger partial charge in [0.25, 0.3) is 0 Å². The molecule has 1 aliphatic carbocycles. The summed E-state index contributed by atoms with van der Waals surface area (Å²) in [5.74, 6) is 1.07. The molecule has 1 nitrogen and oxygen atoms in total. The van der Waals surface area contributed by atoms with Crippen LogP contribution in [0.2, 0.25) is 0 Å². The van der Waals surface area contributed by atoms with Crippen molar-refractivity contribution in [3.05, 3.63) is 41.0 Å². The summed E-state index contributed by atoms with van der Waals surface area (Å²) in [6.07, 6.45) is 6.80. The summed E-state index contributed by atoms with van der Waals surface area (Å²) in [7, 11) is 0. The van der Waals surface area contributed by atoms with E-state index >= 15 is 0 Å². The molecule has 108 valence electrons. The number of allylic oxidation sites excluding steroid dienone is 1. The second-order valence-electron chi connectivity index (χ2n) is 7.15. The lowest BCUT2D eigenvalue weighted by Gasteiger charge is -2.33. The van der Waals surface area contributed by atoms with E-state index < -0.39 is 0 Å². The minimum Gasteiger partial charge on any atom is -0.489 e. The number of fused-ring (bicyclic) bond motifs is 1. The highest BCUT2D eigenvalue weighted by atomic mass is 35.5. The Balaban J connectivity index is 1.69. The first-order valence-corrected chi connectivity index (χ1v) is 7.95. The second kappa shape index (κ2) is 5.11. The van der Waals surface area contributed by atoms with Gasteiger partial charge in [0.1, 0.15) is 11.9 Å². The molecular weight excluding hydrogens is 268 g/mol. The highest BCUT2D eigenvalue weighted by molar-refractivity contribution is 6.21. The van der Waals surface area contributed by atoms with E-state index in [1.807, 2.05) is 0 Å². The molecule has 0 saturated carbocycles. The molecule has 1 heterocycles. The molecule has 2 aliphatic rings. The summed E-state index contributed by atoms with van der Waals surface area (Å²) < 4.78 is 6.08. The Morgan fingerprint density at radius 3 is 2.90 bits per heavy atom. The zero-order chi connectivity index (χ0) is 14.3. The number of halogens is 1. The minimum absolute atomic E-state index is 0.180. The van der Waals surface area contributed by atoms with Gasteiger partial charge in [-0.3, -0.25) is 0 Å². The lowest BCUT2D eigenvalue weighted by molar-refractivity contribution is 0.222. The first kappa shape index (κ1) is 14.0. The maximum atomic E-state index is 6.37. The number of hydrogen-bond acceptors (Lipinski definition) is 1.